The number of nitrogens with zero attached hydrogens (tertiary/aromatic N) is 1. The van der Waals surface area contributed by atoms with Crippen LogP contribution >= 0.6 is 27.7 Å². The first kappa shape index (κ1) is 12.5. The van der Waals surface area contributed by atoms with Gasteiger partial charge < -0.3 is 0 Å². The van der Waals surface area contributed by atoms with Crippen LogP contribution in [0.25, 0.3) is 0 Å². The summed E-state index contributed by atoms with van der Waals surface area (Å²) in [6.07, 6.45) is 2.99. The maximum Gasteiger partial charge on any atom is 0.233 e. The summed E-state index contributed by atoms with van der Waals surface area (Å²) in [6.45, 7) is 0. The first-order chi connectivity index (χ1) is 7.24. The van der Waals surface area contributed by atoms with Crippen molar-refractivity contribution < 1.29 is 4.79 Å². The molecule has 0 unspecified atom stereocenters. The number of nitrogens with one attached hydrogen (secondary N) is 1. The Balaban J connectivity index is 2.26. The lowest BCUT2D eigenvalue weighted by atomic mass is 10.3. The Morgan fingerprint density at radius 3 is 3.13 bits per heavy atom. The predicted octanol–water partition coefficient (Wildman–Crippen LogP) is 1.71. The lowest BCUT2D eigenvalue weighted by Gasteiger charge is -2.02. The molecule has 1 rings (SSSR count). The number of pyridine rings is 1. The molecule has 1 aromatic heterocycles. The summed E-state index contributed by atoms with van der Waals surface area (Å²) in [4.78, 5) is 15.0. The summed E-state index contributed by atoms with van der Waals surface area (Å²) < 4.78 is 0.985. The van der Waals surface area contributed by atoms with Gasteiger partial charge in [0.2, 0.25) is 5.91 Å². The van der Waals surface area contributed by atoms with E-state index >= 15 is 0 Å². The van der Waals surface area contributed by atoms with E-state index < -0.39 is 0 Å². The number of aromatic nitrogens is 1. The summed E-state index contributed by atoms with van der Waals surface area (Å²) in [5.74, 6) is 5.68. The highest BCUT2D eigenvalue weighted by Crippen LogP contribution is 2.25. The number of halogens is 1. The second-order valence-electron chi connectivity index (χ2n) is 2.81. The summed E-state index contributed by atoms with van der Waals surface area (Å²) >= 11 is 5.03. The molecule has 0 aliphatic heterocycles. The molecule has 15 heavy (non-hydrogen) atoms. The molecule has 1 amide bonds. The molecule has 1 heterocycles. The lowest BCUT2D eigenvalue weighted by Crippen LogP contribution is -2.29. The smallest absolute Gasteiger partial charge is 0.233 e. The van der Waals surface area contributed by atoms with Gasteiger partial charge in [-0.1, -0.05) is 0 Å². The van der Waals surface area contributed by atoms with Gasteiger partial charge >= 0.3 is 0 Å². The number of hydrazine groups is 1. The Morgan fingerprint density at radius 1 is 1.67 bits per heavy atom. The maximum atomic E-state index is 10.8. The molecule has 4 nitrogen and oxygen atoms in total. The van der Waals surface area contributed by atoms with Gasteiger partial charge in [0.15, 0.2) is 0 Å². The highest BCUT2D eigenvalue weighted by atomic mass is 79.9. The van der Waals surface area contributed by atoms with Crippen LogP contribution in [0.5, 0.6) is 0 Å². The largest absolute Gasteiger partial charge is 0.294 e. The van der Waals surface area contributed by atoms with Crippen LogP contribution in [0.4, 0.5) is 0 Å². The van der Waals surface area contributed by atoms with Gasteiger partial charge in [0.1, 0.15) is 5.03 Å². The Bertz CT molecular complexity index is 335. The first-order valence-electron chi connectivity index (χ1n) is 4.47. The normalized spacial score (nSPS) is 10.0. The third-order valence-electron chi connectivity index (χ3n) is 1.67. The van der Waals surface area contributed by atoms with Gasteiger partial charge in [0, 0.05) is 22.8 Å². The Morgan fingerprint density at radius 2 is 2.47 bits per heavy atom. The van der Waals surface area contributed by atoms with E-state index in [0.29, 0.717) is 6.42 Å². The number of carbonyl (C=O) groups is 1. The molecule has 0 radical (unpaired) electrons. The van der Waals surface area contributed by atoms with Crippen molar-refractivity contribution in [3.05, 3.63) is 22.8 Å². The third kappa shape index (κ3) is 4.63. The molecular weight excluding hydrogens is 278 g/mol. The number of rotatable bonds is 5. The quantitative estimate of drug-likeness (QED) is 0.285. The Hall–Kier alpha value is -0.590. The van der Waals surface area contributed by atoms with Gasteiger partial charge in [0.25, 0.3) is 0 Å². The van der Waals surface area contributed by atoms with E-state index in [0.717, 1.165) is 21.7 Å². The molecule has 0 bridgehead atoms. The molecule has 0 aliphatic rings. The van der Waals surface area contributed by atoms with Crippen molar-refractivity contribution in [1.29, 1.82) is 0 Å². The zero-order chi connectivity index (χ0) is 11.1. The molecule has 0 saturated carbocycles. The van der Waals surface area contributed by atoms with Crippen molar-refractivity contribution >= 4 is 33.6 Å². The van der Waals surface area contributed by atoms with E-state index in [9.17, 15) is 4.79 Å². The van der Waals surface area contributed by atoms with Crippen LogP contribution in [0.3, 0.4) is 0 Å². The Kier molecular flexibility index (Phi) is 5.67. The SMILES string of the molecule is NNC(=O)CCCSc1ncccc1Br. The molecule has 0 aromatic carbocycles. The summed E-state index contributed by atoms with van der Waals surface area (Å²) in [5, 5.41) is 0.950. The fraction of sp³-hybridized carbons (Fsp3) is 0.333. The zero-order valence-corrected chi connectivity index (χ0v) is 10.5. The van der Waals surface area contributed by atoms with Gasteiger partial charge in [-0.05, 0) is 34.5 Å². The molecular formula is C9H12BrN3OS. The molecule has 1 aromatic rings. The zero-order valence-electron chi connectivity index (χ0n) is 8.07. The van der Waals surface area contributed by atoms with E-state index in [-0.39, 0.29) is 5.91 Å². The second-order valence-corrected chi connectivity index (χ2v) is 4.75. The predicted molar refractivity (Wildman–Crippen MR) is 64.2 cm³/mol. The van der Waals surface area contributed by atoms with Crippen LogP contribution in [0.15, 0.2) is 27.8 Å². The van der Waals surface area contributed by atoms with Crippen molar-refractivity contribution in [2.45, 2.75) is 17.9 Å². The standard InChI is InChI=1S/C9H12BrN3OS/c10-7-3-1-5-12-9(7)15-6-2-4-8(14)13-11/h1,3,5H,2,4,6,11H2,(H,13,14). The third-order valence-corrected chi connectivity index (χ3v) is 3.67. The van der Waals surface area contributed by atoms with Crippen LogP contribution < -0.4 is 11.3 Å². The fourth-order valence-electron chi connectivity index (χ4n) is 0.951. The Labute approximate surface area is 101 Å². The van der Waals surface area contributed by atoms with Crippen molar-refractivity contribution in [3.8, 4) is 0 Å². The van der Waals surface area contributed by atoms with Crippen LogP contribution in [0.2, 0.25) is 0 Å². The van der Waals surface area contributed by atoms with Crippen LogP contribution in [-0.2, 0) is 4.79 Å². The van der Waals surface area contributed by atoms with Gasteiger partial charge in [-0.25, -0.2) is 10.8 Å². The van der Waals surface area contributed by atoms with Gasteiger partial charge in [0.05, 0.1) is 0 Å². The molecule has 0 atom stereocenters. The van der Waals surface area contributed by atoms with Crippen LogP contribution in [-0.4, -0.2) is 16.6 Å². The van der Waals surface area contributed by atoms with Gasteiger partial charge in [-0.2, -0.15) is 0 Å². The minimum Gasteiger partial charge on any atom is -0.294 e. The number of hydrogen-bond acceptors (Lipinski definition) is 4. The lowest BCUT2D eigenvalue weighted by molar-refractivity contribution is -0.121. The van der Waals surface area contributed by atoms with E-state index in [2.05, 4.69) is 26.3 Å². The highest BCUT2D eigenvalue weighted by Gasteiger charge is 2.02. The molecule has 0 saturated heterocycles. The van der Waals surface area contributed by atoms with Gasteiger partial charge in [-0.3, -0.25) is 10.2 Å². The number of thioether (sulfide) groups is 1. The van der Waals surface area contributed by atoms with E-state index in [4.69, 9.17) is 5.84 Å². The number of carbonyl (C=O) groups excluding carboxylic acids is 1. The van der Waals surface area contributed by atoms with E-state index in [1.807, 2.05) is 12.1 Å². The fourth-order valence-corrected chi connectivity index (χ4v) is 2.37. The second kappa shape index (κ2) is 6.81. The average Bonchev–Trinajstić information content (AvgIpc) is 2.26. The van der Waals surface area contributed by atoms with Crippen LogP contribution in [0, 0.1) is 0 Å². The molecule has 0 aliphatic carbocycles. The first-order valence-corrected chi connectivity index (χ1v) is 6.24. The summed E-state index contributed by atoms with van der Waals surface area (Å²) in [7, 11) is 0. The molecule has 0 spiro atoms. The molecule has 82 valence electrons. The van der Waals surface area contributed by atoms with Crippen molar-refractivity contribution in [1.82, 2.24) is 10.4 Å². The summed E-state index contributed by atoms with van der Waals surface area (Å²) in [6, 6.07) is 3.82. The molecule has 6 heteroatoms. The monoisotopic (exact) mass is 289 g/mol. The number of amides is 1. The minimum absolute atomic E-state index is 0.129. The van der Waals surface area contributed by atoms with Crippen molar-refractivity contribution in [2.75, 3.05) is 5.75 Å². The van der Waals surface area contributed by atoms with Crippen molar-refractivity contribution in [2.24, 2.45) is 5.84 Å². The van der Waals surface area contributed by atoms with Gasteiger partial charge in [-0.15, -0.1) is 11.8 Å². The number of nitrogens with two attached hydrogens (primary N) is 1. The van der Waals surface area contributed by atoms with Crippen molar-refractivity contribution in [3.63, 3.8) is 0 Å². The maximum absolute atomic E-state index is 10.8. The van der Waals surface area contributed by atoms with E-state index in [1.165, 1.54) is 0 Å². The number of hydrogen-bond donors (Lipinski definition) is 2. The molecule has 0 fully saturated rings. The minimum atomic E-state index is -0.129. The average molecular weight is 290 g/mol. The topological polar surface area (TPSA) is 68.0 Å². The highest BCUT2D eigenvalue weighted by molar-refractivity contribution is 9.10. The summed E-state index contributed by atoms with van der Waals surface area (Å²) in [5.41, 5.74) is 2.10. The molecule has 3 N–H and O–H groups in total. The van der Waals surface area contributed by atoms with Crippen LogP contribution in [0.1, 0.15) is 12.8 Å². The van der Waals surface area contributed by atoms with E-state index in [1.54, 1.807) is 18.0 Å².